The number of aliphatic imine (C=N–C) groups is 1. The zero-order valence-corrected chi connectivity index (χ0v) is 8.91. The number of hydrogen-bond acceptors (Lipinski definition) is 3. The molecule has 0 aliphatic carbocycles. The zero-order chi connectivity index (χ0) is 10.6. The van der Waals surface area contributed by atoms with Crippen LogP contribution in [0.25, 0.3) is 0 Å². The molecule has 0 atom stereocenters. The molecule has 0 aliphatic rings. The van der Waals surface area contributed by atoms with E-state index in [1.165, 1.54) is 0 Å². The van der Waals surface area contributed by atoms with E-state index < -0.39 is 0 Å². The van der Waals surface area contributed by atoms with Crippen molar-refractivity contribution < 1.29 is 0 Å². The Morgan fingerprint density at radius 3 is 2.86 bits per heavy atom. The monoisotopic (exact) mass is 195 g/mol. The average molecular weight is 195 g/mol. The summed E-state index contributed by atoms with van der Waals surface area (Å²) in [6.07, 6.45) is 2.80. The minimum atomic E-state index is 0.706. The molecule has 78 valence electrons. The second kappa shape index (κ2) is 4.76. The van der Waals surface area contributed by atoms with Gasteiger partial charge in [-0.3, -0.25) is 9.67 Å². The van der Waals surface area contributed by atoms with Gasteiger partial charge in [-0.1, -0.05) is 6.92 Å². The van der Waals surface area contributed by atoms with Crippen LogP contribution in [0.1, 0.15) is 25.1 Å². The molecule has 1 heterocycles. The van der Waals surface area contributed by atoms with Gasteiger partial charge in [-0.25, -0.2) is 5.84 Å². The molecule has 14 heavy (non-hydrogen) atoms. The number of aryl methyl sites for hydroxylation is 2. The van der Waals surface area contributed by atoms with Crippen LogP contribution in [0.4, 0.5) is 0 Å². The highest BCUT2D eigenvalue weighted by Gasteiger charge is 2.10. The second-order valence-corrected chi connectivity index (χ2v) is 2.98. The van der Waals surface area contributed by atoms with Gasteiger partial charge in [0.05, 0.1) is 11.3 Å². The molecule has 0 spiro atoms. The molecule has 3 N–H and O–H groups in total. The van der Waals surface area contributed by atoms with E-state index in [4.69, 9.17) is 5.84 Å². The van der Waals surface area contributed by atoms with E-state index in [0.29, 0.717) is 12.4 Å². The van der Waals surface area contributed by atoms with Crippen molar-refractivity contribution in [2.75, 3.05) is 6.54 Å². The highest BCUT2D eigenvalue weighted by atomic mass is 15.3. The number of nitrogens with two attached hydrogens (primary N) is 1. The van der Waals surface area contributed by atoms with Crippen molar-refractivity contribution in [3.63, 3.8) is 0 Å². The van der Waals surface area contributed by atoms with Crippen LogP contribution < -0.4 is 11.3 Å². The first-order valence-corrected chi connectivity index (χ1v) is 4.76. The van der Waals surface area contributed by atoms with Crippen molar-refractivity contribution in [3.05, 3.63) is 17.5 Å². The maximum Gasteiger partial charge on any atom is 0.145 e. The van der Waals surface area contributed by atoms with Crippen molar-refractivity contribution in [2.24, 2.45) is 17.9 Å². The number of nitrogens with one attached hydrogen (secondary N) is 1. The summed E-state index contributed by atoms with van der Waals surface area (Å²) in [7, 11) is 1.89. The molecule has 5 heteroatoms. The van der Waals surface area contributed by atoms with E-state index in [0.717, 1.165) is 17.7 Å². The molecule has 0 fully saturated rings. The molecule has 0 saturated carbocycles. The number of amidine groups is 1. The van der Waals surface area contributed by atoms with E-state index in [1.807, 2.05) is 20.2 Å². The van der Waals surface area contributed by atoms with Crippen molar-refractivity contribution in [1.82, 2.24) is 15.2 Å². The Bertz CT molecular complexity index is 326. The van der Waals surface area contributed by atoms with Gasteiger partial charge >= 0.3 is 0 Å². The molecule has 0 bridgehead atoms. The molecule has 0 aromatic carbocycles. The minimum absolute atomic E-state index is 0.706. The van der Waals surface area contributed by atoms with E-state index in [1.54, 1.807) is 4.68 Å². The predicted octanol–water partition coefficient (Wildman–Crippen LogP) is 0.212. The first-order chi connectivity index (χ1) is 6.72. The molecule has 1 aromatic rings. The molecule has 0 aliphatic heterocycles. The molecule has 1 rings (SSSR count). The lowest BCUT2D eigenvalue weighted by atomic mass is 10.2. The fourth-order valence-corrected chi connectivity index (χ4v) is 1.36. The maximum atomic E-state index is 5.41. The normalized spacial score (nSPS) is 11.9. The van der Waals surface area contributed by atoms with E-state index in [-0.39, 0.29) is 0 Å². The van der Waals surface area contributed by atoms with Crippen LogP contribution >= 0.6 is 0 Å². The van der Waals surface area contributed by atoms with Gasteiger partial charge in [0.25, 0.3) is 0 Å². The van der Waals surface area contributed by atoms with Gasteiger partial charge in [0, 0.05) is 19.8 Å². The predicted molar refractivity (Wildman–Crippen MR) is 57.0 cm³/mol. The number of rotatable bonds is 3. The molecule has 0 radical (unpaired) electrons. The summed E-state index contributed by atoms with van der Waals surface area (Å²) in [6, 6.07) is 0. The van der Waals surface area contributed by atoms with E-state index in [9.17, 15) is 0 Å². The van der Waals surface area contributed by atoms with Crippen LogP contribution in [0.15, 0.2) is 11.2 Å². The summed E-state index contributed by atoms with van der Waals surface area (Å²) in [5, 5.41) is 4.32. The minimum Gasteiger partial charge on any atom is -0.308 e. The summed E-state index contributed by atoms with van der Waals surface area (Å²) >= 11 is 0. The molecular weight excluding hydrogens is 178 g/mol. The Labute approximate surface area is 84.0 Å². The number of hydrogen-bond donors (Lipinski definition) is 2. The lowest BCUT2D eigenvalue weighted by Gasteiger charge is -2.03. The molecule has 1 aromatic heterocycles. The van der Waals surface area contributed by atoms with Crippen LogP contribution in [0.5, 0.6) is 0 Å². The highest BCUT2D eigenvalue weighted by Crippen LogP contribution is 2.07. The maximum absolute atomic E-state index is 5.41. The topological polar surface area (TPSA) is 68.2 Å². The largest absolute Gasteiger partial charge is 0.308 e. The van der Waals surface area contributed by atoms with Crippen molar-refractivity contribution in [2.45, 2.75) is 20.3 Å². The Balaban J connectivity index is 3.08. The molecule has 0 unspecified atom stereocenters. The van der Waals surface area contributed by atoms with Gasteiger partial charge in [-0.05, 0) is 13.3 Å². The van der Waals surface area contributed by atoms with Crippen LogP contribution in [-0.2, 0) is 13.5 Å². The van der Waals surface area contributed by atoms with Gasteiger partial charge < -0.3 is 5.43 Å². The quantitative estimate of drug-likeness (QED) is 0.313. The summed E-state index contributed by atoms with van der Waals surface area (Å²) in [6.45, 7) is 4.74. The summed E-state index contributed by atoms with van der Waals surface area (Å²) in [5.41, 5.74) is 4.60. The first-order valence-electron chi connectivity index (χ1n) is 4.76. The highest BCUT2D eigenvalue weighted by molar-refractivity contribution is 5.99. The van der Waals surface area contributed by atoms with Crippen molar-refractivity contribution in [3.8, 4) is 0 Å². The fourth-order valence-electron chi connectivity index (χ4n) is 1.36. The molecular formula is C9H17N5. The van der Waals surface area contributed by atoms with Crippen LogP contribution in [0, 0.1) is 0 Å². The Morgan fingerprint density at radius 2 is 2.36 bits per heavy atom. The Morgan fingerprint density at radius 1 is 1.64 bits per heavy atom. The Hall–Kier alpha value is -1.36. The molecule has 0 saturated heterocycles. The third-order valence-corrected chi connectivity index (χ3v) is 1.95. The van der Waals surface area contributed by atoms with Gasteiger partial charge in [-0.15, -0.1) is 0 Å². The number of nitrogens with zero attached hydrogens (tertiary/aromatic N) is 3. The van der Waals surface area contributed by atoms with Crippen LogP contribution in [0.3, 0.4) is 0 Å². The molecule has 0 amide bonds. The van der Waals surface area contributed by atoms with E-state index in [2.05, 4.69) is 22.4 Å². The lowest BCUT2D eigenvalue weighted by Crippen LogP contribution is -2.31. The third kappa shape index (κ3) is 2.11. The summed E-state index contributed by atoms with van der Waals surface area (Å²) < 4.78 is 1.77. The van der Waals surface area contributed by atoms with Gasteiger partial charge in [-0.2, -0.15) is 5.10 Å². The molecule has 5 nitrogen and oxygen atoms in total. The van der Waals surface area contributed by atoms with Crippen LogP contribution in [0.2, 0.25) is 0 Å². The van der Waals surface area contributed by atoms with Gasteiger partial charge in [0.1, 0.15) is 5.84 Å². The zero-order valence-electron chi connectivity index (χ0n) is 8.91. The second-order valence-electron chi connectivity index (χ2n) is 2.98. The third-order valence-electron chi connectivity index (χ3n) is 1.95. The first kappa shape index (κ1) is 10.7. The van der Waals surface area contributed by atoms with Crippen LogP contribution in [-0.4, -0.2) is 22.2 Å². The summed E-state index contributed by atoms with van der Waals surface area (Å²) in [5.74, 6) is 6.11. The standard InChI is InChI=1S/C9H17N5/c1-4-8-7(6-14(3)13-8)9(12-10)11-5-2/h6H,4-5,10H2,1-3H3,(H,11,12). The number of hydrazine groups is 1. The van der Waals surface area contributed by atoms with Crippen molar-refractivity contribution >= 4 is 5.84 Å². The fraction of sp³-hybridized carbons (Fsp3) is 0.556. The van der Waals surface area contributed by atoms with E-state index >= 15 is 0 Å². The Kier molecular flexibility index (Phi) is 3.64. The smallest absolute Gasteiger partial charge is 0.145 e. The van der Waals surface area contributed by atoms with Crippen molar-refractivity contribution in [1.29, 1.82) is 0 Å². The number of aromatic nitrogens is 2. The average Bonchev–Trinajstić information content (AvgIpc) is 2.55. The SMILES string of the molecule is CCN=C(NN)c1cn(C)nc1CC. The van der Waals surface area contributed by atoms with Gasteiger partial charge in [0.2, 0.25) is 0 Å². The lowest BCUT2D eigenvalue weighted by molar-refractivity contribution is 0.746. The summed E-state index contributed by atoms with van der Waals surface area (Å²) in [4.78, 5) is 4.26. The van der Waals surface area contributed by atoms with Gasteiger partial charge in [0.15, 0.2) is 0 Å².